The van der Waals surface area contributed by atoms with Gasteiger partial charge < -0.3 is 5.32 Å². The normalized spacial score (nSPS) is 10.8. The van der Waals surface area contributed by atoms with Crippen molar-refractivity contribution in [2.45, 2.75) is 29.7 Å². The molecule has 1 nitrogen and oxygen atoms in total. The first-order chi connectivity index (χ1) is 9.69. The summed E-state index contributed by atoms with van der Waals surface area (Å²) in [4.78, 5) is 1.68. The average Bonchev–Trinajstić information content (AvgIpc) is 2.42. The Bertz CT molecular complexity index is 574. The number of rotatable bonds is 6. The number of nitrogens with one attached hydrogen (secondary N) is 1. The molecule has 0 fully saturated rings. The minimum absolute atomic E-state index is 0.161. The van der Waals surface area contributed by atoms with Crippen LogP contribution < -0.4 is 5.32 Å². The molecular weight excluding hydrogens is 337 g/mol. The van der Waals surface area contributed by atoms with Crippen LogP contribution in [0.3, 0.4) is 0 Å². The monoisotopic (exact) mass is 353 g/mol. The van der Waals surface area contributed by atoms with Crippen LogP contribution >= 0.6 is 27.7 Å². The zero-order valence-corrected chi connectivity index (χ0v) is 13.7. The van der Waals surface area contributed by atoms with Crippen molar-refractivity contribution in [3.8, 4) is 0 Å². The van der Waals surface area contributed by atoms with E-state index in [9.17, 15) is 4.39 Å². The maximum absolute atomic E-state index is 14.1. The highest BCUT2D eigenvalue weighted by molar-refractivity contribution is 9.10. The van der Waals surface area contributed by atoms with E-state index >= 15 is 0 Å². The quantitative estimate of drug-likeness (QED) is 0.712. The summed E-state index contributed by atoms with van der Waals surface area (Å²) in [7, 11) is 0. The van der Waals surface area contributed by atoms with Gasteiger partial charge >= 0.3 is 0 Å². The highest BCUT2D eigenvalue weighted by atomic mass is 79.9. The molecule has 4 heteroatoms. The summed E-state index contributed by atoms with van der Waals surface area (Å²) < 4.78 is 15.1. The van der Waals surface area contributed by atoms with Crippen LogP contribution in [0.1, 0.15) is 18.9 Å². The van der Waals surface area contributed by atoms with Gasteiger partial charge in [0, 0.05) is 20.8 Å². The van der Waals surface area contributed by atoms with E-state index in [1.807, 2.05) is 36.4 Å². The second-order valence-electron chi connectivity index (χ2n) is 4.50. The van der Waals surface area contributed by atoms with E-state index in [1.54, 1.807) is 6.07 Å². The first kappa shape index (κ1) is 15.5. The van der Waals surface area contributed by atoms with E-state index in [-0.39, 0.29) is 5.82 Å². The molecule has 0 saturated carbocycles. The fourth-order valence-electron chi connectivity index (χ4n) is 1.80. The van der Waals surface area contributed by atoms with Gasteiger partial charge in [0.2, 0.25) is 0 Å². The van der Waals surface area contributed by atoms with E-state index in [0.29, 0.717) is 11.4 Å². The maximum atomic E-state index is 14.1. The molecule has 0 saturated heterocycles. The van der Waals surface area contributed by atoms with Crippen LogP contribution in [0.25, 0.3) is 0 Å². The fourth-order valence-corrected chi connectivity index (χ4v) is 3.23. The summed E-state index contributed by atoms with van der Waals surface area (Å²) in [5, 5.41) is 3.28. The number of hydrogen-bond donors (Lipinski definition) is 1. The van der Waals surface area contributed by atoms with Crippen LogP contribution in [0, 0.1) is 5.82 Å². The van der Waals surface area contributed by atoms with Gasteiger partial charge in [0.1, 0.15) is 5.82 Å². The van der Waals surface area contributed by atoms with Crippen LogP contribution in [0.2, 0.25) is 0 Å². The third-order valence-electron chi connectivity index (χ3n) is 2.78. The molecule has 0 unspecified atom stereocenters. The molecule has 0 aliphatic carbocycles. The van der Waals surface area contributed by atoms with Gasteiger partial charge in [-0.2, -0.15) is 0 Å². The van der Waals surface area contributed by atoms with E-state index < -0.39 is 0 Å². The van der Waals surface area contributed by atoms with Gasteiger partial charge in [-0.25, -0.2) is 4.39 Å². The van der Waals surface area contributed by atoms with Crippen molar-refractivity contribution < 1.29 is 4.39 Å². The van der Waals surface area contributed by atoms with Gasteiger partial charge in [0.15, 0.2) is 0 Å². The van der Waals surface area contributed by atoms with Gasteiger partial charge in [0.25, 0.3) is 0 Å². The SMILES string of the molecule is CCCNCc1ccc(Sc2cccc(Br)c2)c(F)c1. The third kappa shape index (κ3) is 4.62. The maximum Gasteiger partial charge on any atom is 0.137 e. The predicted molar refractivity (Wildman–Crippen MR) is 86.7 cm³/mol. The van der Waals surface area contributed by atoms with Crippen molar-refractivity contribution in [3.05, 3.63) is 58.3 Å². The van der Waals surface area contributed by atoms with Crippen LogP contribution in [0.4, 0.5) is 4.39 Å². The van der Waals surface area contributed by atoms with Gasteiger partial charge in [0.05, 0.1) is 0 Å². The smallest absolute Gasteiger partial charge is 0.137 e. The van der Waals surface area contributed by atoms with E-state index in [2.05, 4.69) is 28.2 Å². The minimum atomic E-state index is -0.161. The molecule has 1 N–H and O–H groups in total. The summed E-state index contributed by atoms with van der Waals surface area (Å²) in [6, 6.07) is 13.3. The molecular formula is C16H17BrFNS. The minimum Gasteiger partial charge on any atom is -0.313 e. The molecule has 0 aromatic heterocycles. The van der Waals surface area contributed by atoms with Gasteiger partial charge in [-0.15, -0.1) is 0 Å². The van der Waals surface area contributed by atoms with Crippen molar-refractivity contribution in [2.24, 2.45) is 0 Å². The summed E-state index contributed by atoms with van der Waals surface area (Å²) >= 11 is 4.87. The summed E-state index contributed by atoms with van der Waals surface area (Å²) in [6.45, 7) is 3.79. The van der Waals surface area contributed by atoms with Gasteiger partial charge in [-0.3, -0.25) is 0 Å². The Labute approximate surface area is 132 Å². The molecule has 20 heavy (non-hydrogen) atoms. The molecule has 0 aliphatic heterocycles. The molecule has 2 aromatic carbocycles. The summed E-state index contributed by atoms with van der Waals surface area (Å²) in [5.41, 5.74) is 0.981. The second-order valence-corrected chi connectivity index (χ2v) is 6.53. The Morgan fingerprint density at radius 2 is 2.05 bits per heavy atom. The van der Waals surface area contributed by atoms with Crippen LogP contribution in [-0.2, 0) is 6.54 Å². The second kappa shape index (κ2) is 7.81. The molecule has 0 atom stereocenters. The van der Waals surface area contributed by atoms with Crippen LogP contribution in [0.5, 0.6) is 0 Å². The highest BCUT2D eigenvalue weighted by Crippen LogP contribution is 2.31. The zero-order valence-electron chi connectivity index (χ0n) is 11.3. The lowest BCUT2D eigenvalue weighted by Crippen LogP contribution is -2.13. The average molecular weight is 354 g/mol. The van der Waals surface area contributed by atoms with E-state index in [1.165, 1.54) is 11.8 Å². The van der Waals surface area contributed by atoms with Crippen molar-refractivity contribution in [3.63, 3.8) is 0 Å². The first-order valence-corrected chi connectivity index (χ1v) is 8.22. The van der Waals surface area contributed by atoms with Crippen molar-refractivity contribution >= 4 is 27.7 Å². The van der Waals surface area contributed by atoms with Crippen LogP contribution in [-0.4, -0.2) is 6.54 Å². The molecule has 0 amide bonds. The summed E-state index contributed by atoms with van der Waals surface area (Å²) in [5.74, 6) is -0.161. The molecule has 0 heterocycles. The van der Waals surface area contributed by atoms with E-state index in [4.69, 9.17) is 0 Å². The number of benzene rings is 2. The standard InChI is InChI=1S/C16H17BrFNS/c1-2-8-19-11-12-6-7-16(15(18)9-12)20-14-5-3-4-13(17)10-14/h3-7,9-10,19H,2,8,11H2,1H3. The first-order valence-electron chi connectivity index (χ1n) is 6.61. The van der Waals surface area contributed by atoms with Crippen molar-refractivity contribution in [2.75, 3.05) is 6.54 Å². The van der Waals surface area contributed by atoms with Crippen molar-refractivity contribution in [1.29, 1.82) is 0 Å². The number of hydrogen-bond acceptors (Lipinski definition) is 2. The predicted octanol–water partition coefficient (Wildman–Crippen LogP) is 5.24. The topological polar surface area (TPSA) is 12.0 Å². The Morgan fingerprint density at radius 3 is 2.75 bits per heavy atom. The van der Waals surface area contributed by atoms with E-state index in [0.717, 1.165) is 27.9 Å². The Kier molecular flexibility index (Phi) is 6.07. The van der Waals surface area contributed by atoms with Gasteiger partial charge in [-0.05, 0) is 48.9 Å². The largest absolute Gasteiger partial charge is 0.313 e. The Balaban J connectivity index is 2.06. The molecule has 106 valence electrons. The molecule has 2 aromatic rings. The number of halogens is 2. The zero-order chi connectivity index (χ0) is 14.4. The highest BCUT2D eigenvalue weighted by Gasteiger charge is 2.06. The van der Waals surface area contributed by atoms with Crippen LogP contribution in [0.15, 0.2) is 56.7 Å². The molecule has 0 aliphatic rings. The molecule has 2 rings (SSSR count). The molecule has 0 bridgehead atoms. The lowest BCUT2D eigenvalue weighted by molar-refractivity contribution is 0.595. The lowest BCUT2D eigenvalue weighted by Gasteiger charge is -2.07. The Morgan fingerprint density at radius 1 is 1.20 bits per heavy atom. The fraction of sp³-hybridized carbons (Fsp3) is 0.250. The van der Waals surface area contributed by atoms with Crippen molar-refractivity contribution in [1.82, 2.24) is 5.32 Å². The molecule has 0 spiro atoms. The lowest BCUT2D eigenvalue weighted by atomic mass is 10.2. The third-order valence-corrected chi connectivity index (χ3v) is 4.31. The molecule has 0 radical (unpaired) electrons. The summed E-state index contributed by atoms with van der Waals surface area (Å²) in [6.07, 6.45) is 1.08. The van der Waals surface area contributed by atoms with Gasteiger partial charge in [-0.1, -0.05) is 46.7 Å². The Hall–Kier alpha value is -0.840.